The molecule has 3 N–H and O–H groups in total. The quantitative estimate of drug-likeness (QED) is 0.685. The van der Waals surface area contributed by atoms with Crippen LogP contribution in [-0.4, -0.2) is 36.9 Å². The lowest BCUT2D eigenvalue weighted by atomic mass is 10.2. The summed E-state index contributed by atoms with van der Waals surface area (Å²) in [5, 5.41) is 2.73. The fraction of sp³-hybridized carbons (Fsp3) is 0.529. The van der Waals surface area contributed by atoms with Gasteiger partial charge < -0.3 is 20.7 Å². The Morgan fingerprint density at radius 1 is 1.17 bits per heavy atom. The molecule has 23 heavy (non-hydrogen) atoms. The Morgan fingerprint density at radius 3 is 2.39 bits per heavy atom. The van der Waals surface area contributed by atoms with E-state index in [1.54, 1.807) is 25.3 Å². The van der Waals surface area contributed by atoms with Gasteiger partial charge in [-0.3, -0.25) is 9.59 Å². The Hall–Kier alpha value is -2.24. The van der Waals surface area contributed by atoms with Crippen molar-refractivity contribution in [3.63, 3.8) is 0 Å². The SMILES string of the molecule is CCCN(CCC)C(=O)CCC(=O)Nc1cc(OC)ccc1N. The van der Waals surface area contributed by atoms with Crippen molar-refractivity contribution in [3.05, 3.63) is 18.2 Å². The number of benzene rings is 1. The first-order chi connectivity index (χ1) is 11.0. The molecule has 0 unspecified atom stereocenters. The van der Waals surface area contributed by atoms with E-state index in [9.17, 15) is 9.59 Å². The Kier molecular flexibility index (Phi) is 7.94. The Labute approximate surface area is 138 Å². The zero-order chi connectivity index (χ0) is 17.2. The van der Waals surface area contributed by atoms with Crippen LogP contribution in [0, 0.1) is 0 Å². The number of methoxy groups -OCH3 is 1. The number of rotatable bonds is 9. The number of nitrogens with one attached hydrogen (secondary N) is 1. The summed E-state index contributed by atoms with van der Waals surface area (Å²) in [6.45, 7) is 5.54. The van der Waals surface area contributed by atoms with Gasteiger partial charge >= 0.3 is 0 Å². The van der Waals surface area contributed by atoms with Crippen LogP contribution in [-0.2, 0) is 9.59 Å². The number of carbonyl (C=O) groups is 2. The summed E-state index contributed by atoms with van der Waals surface area (Å²) in [5.74, 6) is 0.399. The van der Waals surface area contributed by atoms with Gasteiger partial charge in [-0.15, -0.1) is 0 Å². The molecule has 0 heterocycles. The molecular weight excluding hydrogens is 294 g/mol. The highest BCUT2D eigenvalue weighted by Gasteiger charge is 2.14. The Balaban J connectivity index is 2.55. The van der Waals surface area contributed by atoms with Crippen LogP contribution in [0.2, 0.25) is 0 Å². The highest BCUT2D eigenvalue weighted by atomic mass is 16.5. The van der Waals surface area contributed by atoms with Crippen molar-refractivity contribution in [1.29, 1.82) is 0 Å². The van der Waals surface area contributed by atoms with E-state index in [1.807, 2.05) is 18.7 Å². The molecule has 0 atom stereocenters. The number of ether oxygens (including phenoxy) is 1. The molecule has 1 aromatic carbocycles. The summed E-state index contributed by atoms with van der Waals surface area (Å²) >= 11 is 0. The van der Waals surface area contributed by atoms with Gasteiger partial charge in [-0.05, 0) is 25.0 Å². The molecule has 1 aromatic rings. The fourth-order valence-corrected chi connectivity index (χ4v) is 2.26. The minimum atomic E-state index is -0.230. The van der Waals surface area contributed by atoms with Crippen molar-refractivity contribution in [2.75, 3.05) is 31.2 Å². The van der Waals surface area contributed by atoms with Gasteiger partial charge in [-0.1, -0.05) is 13.8 Å². The molecule has 0 radical (unpaired) electrons. The summed E-state index contributed by atoms with van der Waals surface area (Å²) in [7, 11) is 1.55. The predicted molar refractivity (Wildman–Crippen MR) is 92.4 cm³/mol. The maximum absolute atomic E-state index is 12.1. The van der Waals surface area contributed by atoms with Gasteiger partial charge in [0.05, 0.1) is 18.5 Å². The summed E-state index contributed by atoms with van der Waals surface area (Å²) in [5.41, 5.74) is 6.79. The second-order valence-corrected chi connectivity index (χ2v) is 5.38. The molecule has 0 aromatic heterocycles. The van der Waals surface area contributed by atoms with Crippen molar-refractivity contribution >= 4 is 23.2 Å². The molecule has 0 spiro atoms. The normalized spacial score (nSPS) is 10.2. The van der Waals surface area contributed by atoms with Crippen molar-refractivity contribution in [2.45, 2.75) is 39.5 Å². The lowest BCUT2D eigenvalue weighted by Gasteiger charge is -2.21. The average Bonchev–Trinajstić information content (AvgIpc) is 2.54. The first-order valence-corrected chi connectivity index (χ1v) is 8.02. The van der Waals surface area contributed by atoms with E-state index in [2.05, 4.69) is 5.32 Å². The van der Waals surface area contributed by atoms with E-state index in [0.717, 1.165) is 25.9 Å². The largest absolute Gasteiger partial charge is 0.497 e. The van der Waals surface area contributed by atoms with E-state index < -0.39 is 0 Å². The van der Waals surface area contributed by atoms with Crippen LogP contribution >= 0.6 is 0 Å². The van der Waals surface area contributed by atoms with E-state index in [0.29, 0.717) is 17.1 Å². The molecule has 2 amide bonds. The van der Waals surface area contributed by atoms with E-state index in [1.165, 1.54) is 0 Å². The molecule has 0 aliphatic heterocycles. The van der Waals surface area contributed by atoms with E-state index >= 15 is 0 Å². The van der Waals surface area contributed by atoms with Gasteiger partial charge in [0, 0.05) is 32.0 Å². The predicted octanol–water partition coefficient (Wildman–Crippen LogP) is 2.64. The molecule has 1 rings (SSSR count). The van der Waals surface area contributed by atoms with Gasteiger partial charge in [-0.25, -0.2) is 0 Å². The summed E-state index contributed by atoms with van der Waals surface area (Å²) in [6.07, 6.45) is 2.17. The smallest absolute Gasteiger partial charge is 0.224 e. The molecule has 0 fully saturated rings. The third-order valence-corrected chi connectivity index (χ3v) is 3.44. The lowest BCUT2D eigenvalue weighted by Crippen LogP contribution is -2.33. The Morgan fingerprint density at radius 2 is 1.83 bits per heavy atom. The van der Waals surface area contributed by atoms with Crippen LogP contribution in [0.3, 0.4) is 0 Å². The topological polar surface area (TPSA) is 84.7 Å². The molecule has 0 saturated heterocycles. The number of amides is 2. The molecule has 0 bridgehead atoms. The highest BCUT2D eigenvalue weighted by Crippen LogP contribution is 2.24. The van der Waals surface area contributed by atoms with Crippen molar-refractivity contribution in [1.82, 2.24) is 4.90 Å². The second kappa shape index (κ2) is 9.71. The number of nitrogen functional groups attached to an aromatic ring is 1. The number of hydrogen-bond donors (Lipinski definition) is 2. The number of anilines is 2. The Bertz CT molecular complexity index is 526. The van der Waals surface area contributed by atoms with Crippen LogP contribution in [0.25, 0.3) is 0 Å². The summed E-state index contributed by atoms with van der Waals surface area (Å²) < 4.78 is 5.11. The third kappa shape index (κ3) is 6.18. The van der Waals surface area contributed by atoms with Crippen LogP contribution in [0.4, 0.5) is 11.4 Å². The molecular formula is C17H27N3O3. The van der Waals surface area contributed by atoms with Gasteiger partial charge in [0.1, 0.15) is 5.75 Å². The van der Waals surface area contributed by atoms with Crippen LogP contribution in [0.15, 0.2) is 18.2 Å². The minimum absolute atomic E-state index is 0.0162. The van der Waals surface area contributed by atoms with Crippen LogP contribution < -0.4 is 15.8 Å². The molecule has 128 valence electrons. The van der Waals surface area contributed by atoms with E-state index in [4.69, 9.17) is 10.5 Å². The molecule has 6 heteroatoms. The first-order valence-electron chi connectivity index (χ1n) is 8.02. The zero-order valence-electron chi connectivity index (χ0n) is 14.2. The second-order valence-electron chi connectivity index (χ2n) is 5.38. The number of hydrogen-bond acceptors (Lipinski definition) is 4. The third-order valence-electron chi connectivity index (χ3n) is 3.44. The molecule has 6 nitrogen and oxygen atoms in total. The lowest BCUT2D eigenvalue weighted by molar-refractivity contribution is -0.132. The van der Waals surface area contributed by atoms with Gasteiger partial charge in [0.15, 0.2) is 0 Å². The van der Waals surface area contributed by atoms with Gasteiger partial charge in [0.2, 0.25) is 11.8 Å². The molecule has 0 aliphatic carbocycles. The van der Waals surface area contributed by atoms with Crippen LogP contribution in [0.1, 0.15) is 39.5 Å². The maximum Gasteiger partial charge on any atom is 0.224 e. The van der Waals surface area contributed by atoms with Crippen LogP contribution in [0.5, 0.6) is 5.75 Å². The summed E-state index contributed by atoms with van der Waals surface area (Å²) in [4.78, 5) is 26.0. The first kappa shape index (κ1) is 18.8. The average molecular weight is 321 g/mol. The van der Waals surface area contributed by atoms with Crippen molar-refractivity contribution in [3.8, 4) is 5.75 Å². The monoisotopic (exact) mass is 321 g/mol. The van der Waals surface area contributed by atoms with Crippen molar-refractivity contribution < 1.29 is 14.3 Å². The highest BCUT2D eigenvalue weighted by molar-refractivity contribution is 5.95. The number of carbonyl (C=O) groups excluding carboxylic acids is 2. The fourth-order valence-electron chi connectivity index (χ4n) is 2.26. The number of nitrogens with two attached hydrogens (primary N) is 1. The minimum Gasteiger partial charge on any atom is -0.497 e. The molecule has 0 saturated carbocycles. The van der Waals surface area contributed by atoms with Gasteiger partial charge in [0.25, 0.3) is 0 Å². The molecule has 0 aliphatic rings. The standard InChI is InChI=1S/C17H27N3O3/c1-4-10-20(11-5-2)17(22)9-8-16(21)19-15-12-13(23-3)6-7-14(15)18/h6-7,12H,4-5,8-11,18H2,1-3H3,(H,19,21). The van der Waals surface area contributed by atoms with E-state index in [-0.39, 0.29) is 24.7 Å². The maximum atomic E-state index is 12.1. The van der Waals surface area contributed by atoms with Crippen molar-refractivity contribution in [2.24, 2.45) is 0 Å². The zero-order valence-corrected chi connectivity index (χ0v) is 14.2. The van der Waals surface area contributed by atoms with Gasteiger partial charge in [-0.2, -0.15) is 0 Å². The summed E-state index contributed by atoms with van der Waals surface area (Å²) in [6, 6.07) is 5.06. The number of nitrogens with zero attached hydrogens (tertiary/aromatic N) is 1.